The maximum Gasteiger partial charge on any atom is 0.288 e. The molecule has 0 saturated heterocycles. The fourth-order valence-electron chi connectivity index (χ4n) is 4.06. The average Bonchev–Trinajstić information content (AvgIpc) is 2.79. The lowest BCUT2D eigenvalue weighted by molar-refractivity contribution is -0.384. The Hall–Kier alpha value is -3.17. The third-order valence-electron chi connectivity index (χ3n) is 5.76. The van der Waals surface area contributed by atoms with E-state index < -0.39 is 4.92 Å². The summed E-state index contributed by atoms with van der Waals surface area (Å²) in [6.07, 6.45) is 3.12. The van der Waals surface area contributed by atoms with Crippen LogP contribution in [0.25, 0.3) is 10.9 Å². The first kappa shape index (κ1) is 22.0. The lowest BCUT2D eigenvalue weighted by Crippen LogP contribution is -2.32. The van der Waals surface area contributed by atoms with Crippen LogP contribution < -0.4 is 15.0 Å². The molecule has 3 aromatic rings. The predicted octanol–water partition coefficient (Wildman–Crippen LogP) is 3.42. The molecule has 2 heterocycles. The number of hydrogen-bond acceptors (Lipinski definition) is 7. The van der Waals surface area contributed by atoms with Gasteiger partial charge in [0.15, 0.2) is 11.5 Å². The Kier molecular flexibility index (Phi) is 6.29. The Labute approximate surface area is 189 Å². The van der Waals surface area contributed by atoms with E-state index in [2.05, 4.69) is 9.88 Å². The van der Waals surface area contributed by atoms with Gasteiger partial charge >= 0.3 is 0 Å². The van der Waals surface area contributed by atoms with Gasteiger partial charge in [0.05, 0.1) is 36.4 Å². The number of hydrogen-bond donors (Lipinski definition) is 0. The highest BCUT2D eigenvalue weighted by atomic mass is 35.5. The van der Waals surface area contributed by atoms with E-state index in [1.807, 2.05) is 12.1 Å². The second-order valence-corrected chi connectivity index (χ2v) is 8.08. The van der Waals surface area contributed by atoms with Gasteiger partial charge in [-0.3, -0.25) is 24.4 Å². The number of ether oxygens (including phenoxy) is 2. The summed E-state index contributed by atoms with van der Waals surface area (Å²) in [5.41, 5.74) is 2.21. The van der Waals surface area contributed by atoms with E-state index in [4.69, 9.17) is 21.1 Å². The van der Waals surface area contributed by atoms with E-state index in [9.17, 15) is 14.9 Å². The first-order valence-electron chi connectivity index (χ1n) is 10.2. The molecule has 10 heteroatoms. The molecule has 0 aliphatic carbocycles. The summed E-state index contributed by atoms with van der Waals surface area (Å²) >= 11 is 5.92. The Balaban J connectivity index is 1.45. The molecular formula is C22H23ClN4O5. The first-order chi connectivity index (χ1) is 15.4. The summed E-state index contributed by atoms with van der Waals surface area (Å²) in [6, 6.07) is 6.62. The molecule has 0 unspecified atom stereocenters. The summed E-state index contributed by atoms with van der Waals surface area (Å²) in [4.78, 5) is 29.9. The van der Waals surface area contributed by atoms with Crippen LogP contribution >= 0.6 is 11.6 Å². The molecule has 1 aliphatic heterocycles. The van der Waals surface area contributed by atoms with Gasteiger partial charge in [-0.15, -0.1) is 0 Å². The van der Waals surface area contributed by atoms with Crippen molar-refractivity contribution < 1.29 is 14.4 Å². The van der Waals surface area contributed by atoms with Crippen LogP contribution in [0.5, 0.6) is 11.5 Å². The van der Waals surface area contributed by atoms with Crippen molar-refractivity contribution >= 4 is 28.2 Å². The molecule has 2 aromatic carbocycles. The van der Waals surface area contributed by atoms with Crippen molar-refractivity contribution in [2.75, 3.05) is 27.3 Å². The maximum absolute atomic E-state index is 12.8. The Morgan fingerprint density at radius 3 is 2.53 bits per heavy atom. The van der Waals surface area contributed by atoms with Crippen LogP contribution in [0.2, 0.25) is 5.02 Å². The Bertz CT molecular complexity index is 1240. The van der Waals surface area contributed by atoms with Crippen LogP contribution in [0, 0.1) is 10.1 Å². The minimum atomic E-state index is -0.600. The number of halogens is 1. The molecule has 0 radical (unpaired) electrons. The van der Waals surface area contributed by atoms with E-state index in [0.29, 0.717) is 12.1 Å². The minimum absolute atomic E-state index is 0.0354. The largest absolute Gasteiger partial charge is 0.493 e. The highest BCUT2D eigenvalue weighted by Crippen LogP contribution is 2.33. The Morgan fingerprint density at radius 2 is 1.84 bits per heavy atom. The van der Waals surface area contributed by atoms with Crippen LogP contribution in [0.4, 0.5) is 5.69 Å². The molecule has 0 spiro atoms. The zero-order valence-electron chi connectivity index (χ0n) is 17.8. The molecule has 9 nitrogen and oxygen atoms in total. The van der Waals surface area contributed by atoms with Crippen molar-refractivity contribution in [3.8, 4) is 11.5 Å². The molecule has 0 amide bonds. The molecule has 32 heavy (non-hydrogen) atoms. The second kappa shape index (κ2) is 9.13. The molecule has 1 aliphatic rings. The summed E-state index contributed by atoms with van der Waals surface area (Å²) in [5.74, 6) is 1.46. The number of methoxy groups -OCH3 is 2. The molecule has 0 fully saturated rings. The fourth-order valence-corrected chi connectivity index (χ4v) is 4.29. The number of nitro groups is 1. The molecular weight excluding hydrogens is 436 g/mol. The fraction of sp³-hybridized carbons (Fsp3) is 0.364. The van der Waals surface area contributed by atoms with Gasteiger partial charge in [-0.2, -0.15) is 0 Å². The smallest absolute Gasteiger partial charge is 0.288 e. The third kappa shape index (κ3) is 4.26. The number of nitrogens with zero attached hydrogens (tertiary/aromatic N) is 4. The summed E-state index contributed by atoms with van der Waals surface area (Å²) < 4.78 is 12.3. The molecule has 4 rings (SSSR count). The first-order valence-corrected chi connectivity index (χ1v) is 10.6. The second-order valence-electron chi connectivity index (χ2n) is 7.68. The van der Waals surface area contributed by atoms with Crippen LogP contribution in [-0.2, 0) is 19.5 Å². The quantitative estimate of drug-likeness (QED) is 0.395. The SMILES string of the molecule is COc1cc2c(cc1OC)CN(CCCn1cnc3cc(Cl)c([N+](=O)[O-])cc3c1=O)CC2. The molecule has 1 aromatic heterocycles. The Morgan fingerprint density at radius 1 is 1.12 bits per heavy atom. The van der Waals surface area contributed by atoms with Gasteiger partial charge in [-0.05, 0) is 42.2 Å². The van der Waals surface area contributed by atoms with Crippen molar-refractivity contribution in [2.45, 2.75) is 25.9 Å². The summed E-state index contributed by atoms with van der Waals surface area (Å²) in [6.45, 7) is 2.98. The van der Waals surface area contributed by atoms with Crippen LogP contribution in [0.3, 0.4) is 0 Å². The van der Waals surface area contributed by atoms with Crippen LogP contribution in [0.15, 0.2) is 35.4 Å². The lowest BCUT2D eigenvalue weighted by atomic mass is 9.98. The van der Waals surface area contributed by atoms with Gasteiger partial charge in [-0.25, -0.2) is 4.98 Å². The van der Waals surface area contributed by atoms with Crippen molar-refractivity contribution in [2.24, 2.45) is 0 Å². The normalized spacial score (nSPS) is 13.7. The van der Waals surface area contributed by atoms with E-state index in [1.165, 1.54) is 34.2 Å². The van der Waals surface area contributed by atoms with Gasteiger partial charge in [-0.1, -0.05) is 11.6 Å². The topological polar surface area (TPSA) is 99.7 Å². The number of aryl methyl sites for hydroxylation is 1. The van der Waals surface area contributed by atoms with Gasteiger partial charge in [0, 0.05) is 32.2 Å². The number of fused-ring (bicyclic) bond motifs is 2. The van der Waals surface area contributed by atoms with Gasteiger partial charge in [0.1, 0.15) is 5.02 Å². The van der Waals surface area contributed by atoms with Crippen molar-refractivity contribution in [1.82, 2.24) is 14.5 Å². The lowest BCUT2D eigenvalue weighted by Gasteiger charge is -2.29. The number of aromatic nitrogens is 2. The van der Waals surface area contributed by atoms with E-state index in [1.54, 1.807) is 14.2 Å². The van der Waals surface area contributed by atoms with Gasteiger partial charge in [0.2, 0.25) is 0 Å². The molecule has 0 N–H and O–H groups in total. The maximum atomic E-state index is 12.8. The number of rotatable bonds is 7. The van der Waals surface area contributed by atoms with Crippen molar-refractivity contribution in [3.05, 3.63) is 67.2 Å². The monoisotopic (exact) mass is 458 g/mol. The van der Waals surface area contributed by atoms with Gasteiger partial charge in [0.25, 0.3) is 11.2 Å². The number of nitro benzene ring substituents is 1. The van der Waals surface area contributed by atoms with E-state index >= 15 is 0 Å². The molecule has 168 valence electrons. The third-order valence-corrected chi connectivity index (χ3v) is 6.06. The van der Waals surface area contributed by atoms with Crippen LogP contribution in [-0.4, -0.2) is 46.7 Å². The summed E-state index contributed by atoms with van der Waals surface area (Å²) in [7, 11) is 3.26. The predicted molar refractivity (Wildman–Crippen MR) is 121 cm³/mol. The average molecular weight is 459 g/mol. The standard InChI is InChI=1S/C22H23ClN4O5/c1-31-20-8-14-4-7-25(12-15(14)9-21(20)32-2)5-3-6-26-13-24-18-11-17(23)19(27(29)30)10-16(18)22(26)28/h8-11,13H,3-7,12H2,1-2H3. The highest BCUT2D eigenvalue weighted by Gasteiger charge is 2.20. The van der Waals surface area contributed by atoms with Crippen molar-refractivity contribution in [3.63, 3.8) is 0 Å². The molecule has 0 bridgehead atoms. The molecule has 0 atom stereocenters. The van der Waals surface area contributed by atoms with E-state index in [-0.39, 0.29) is 21.7 Å². The van der Waals surface area contributed by atoms with Crippen LogP contribution in [0.1, 0.15) is 17.5 Å². The highest BCUT2D eigenvalue weighted by molar-refractivity contribution is 6.33. The summed E-state index contributed by atoms with van der Waals surface area (Å²) in [5, 5.41) is 11.3. The zero-order valence-corrected chi connectivity index (χ0v) is 18.6. The van der Waals surface area contributed by atoms with E-state index in [0.717, 1.165) is 44.0 Å². The zero-order chi connectivity index (χ0) is 22.8. The number of benzene rings is 2. The van der Waals surface area contributed by atoms with Gasteiger partial charge < -0.3 is 9.47 Å². The minimum Gasteiger partial charge on any atom is -0.493 e. The molecule has 0 saturated carbocycles. The van der Waals surface area contributed by atoms with Crippen molar-refractivity contribution in [1.29, 1.82) is 0 Å².